The van der Waals surface area contributed by atoms with Crippen molar-refractivity contribution in [3.8, 4) is 5.88 Å². The van der Waals surface area contributed by atoms with Gasteiger partial charge in [-0.1, -0.05) is 0 Å². The molecule has 1 aliphatic carbocycles. The lowest BCUT2D eigenvalue weighted by Crippen LogP contribution is -2.41. The Morgan fingerprint density at radius 1 is 1.21 bits per heavy atom. The van der Waals surface area contributed by atoms with Gasteiger partial charge in [0.2, 0.25) is 11.8 Å². The fraction of sp³-hybridized carbons (Fsp3) is 0.759. The van der Waals surface area contributed by atoms with Crippen molar-refractivity contribution in [1.82, 2.24) is 14.6 Å². The van der Waals surface area contributed by atoms with Crippen LogP contribution in [0.1, 0.15) is 91.2 Å². The zero-order valence-electron chi connectivity index (χ0n) is 25.6. The second-order valence-corrected chi connectivity index (χ2v) is 14.2. The molecule has 2 fully saturated rings. The van der Waals surface area contributed by atoms with Gasteiger partial charge in [-0.05, 0) is 98.2 Å². The van der Waals surface area contributed by atoms with Crippen LogP contribution in [0.3, 0.4) is 0 Å². The summed E-state index contributed by atoms with van der Waals surface area (Å²) < 4.78 is 63.6. The van der Waals surface area contributed by atoms with Crippen molar-refractivity contribution in [1.29, 1.82) is 0 Å². The first-order valence-corrected chi connectivity index (χ1v) is 16.2. The minimum Gasteiger partial charge on any atom is -0.474 e. The summed E-state index contributed by atoms with van der Waals surface area (Å²) in [6, 6.07) is 2.50. The number of unbranched alkanes of at least 4 members (excludes halogenated alkanes) is 1. The Morgan fingerprint density at radius 2 is 1.90 bits per heavy atom. The lowest BCUT2D eigenvalue weighted by atomic mass is 9.92. The molecule has 0 bridgehead atoms. The third-order valence-electron chi connectivity index (χ3n) is 7.34. The van der Waals surface area contributed by atoms with Crippen LogP contribution in [0.5, 0.6) is 5.88 Å². The van der Waals surface area contributed by atoms with E-state index < -0.39 is 39.5 Å². The van der Waals surface area contributed by atoms with Crippen LogP contribution in [0.2, 0.25) is 0 Å². The van der Waals surface area contributed by atoms with Gasteiger partial charge in [-0.2, -0.15) is 4.31 Å². The molecule has 2 heterocycles. The molecule has 1 N–H and O–H groups in total. The fourth-order valence-corrected chi connectivity index (χ4v) is 7.36. The summed E-state index contributed by atoms with van der Waals surface area (Å²) in [5.41, 5.74) is -0.252. The van der Waals surface area contributed by atoms with Gasteiger partial charge >= 0.3 is 12.1 Å². The Morgan fingerprint density at radius 3 is 2.55 bits per heavy atom. The van der Waals surface area contributed by atoms with Crippen molar-refractivity contribution in [2.45, 2.75) is 127 Å². The molecule has 1 aromatic heterocycles. The molecule has 2 aliphatic rings. The molecule has 1 saturated carbocycles. The van der Waals surface area contributed by atoms with Crippen LogP contribution < -0.4 is 10.1 Å². The number of nitrogens with one attached hydrogen (secondary N) is 1. The molecule has 0 radical (unpaired) electrons. The number of alkyl halides is 2. The van der Waals surface area contributed by atoms with Crippen molar-refractivity contribution >= 4 is 22.0 Å². The van der Waals surface area contributed by atoms with E-state index in [2.05, 4.69) is 14.7 Å². The first-order valence-electron chi connectivity index (χ1n) is 14.7. The maximum atomic E-state index is 14.8. The lowest BCUT2D eigenvalue weighted by molar-refractivity contribution is -0.144. The van der Waals surface area contributed by atoms with Crippen LogP contribution in [0.4, 0.5) is 13.6 Å². The predicted molar refractivity (Wildman–Crippen MR) is 155 cm³/mol. The van der Waals surface area contributed by atoms with Crippen LogP contribution in [0.25, 0.3) is 0 Å². The largest absolute Gasteiger partial charge is 0.474 e. The van der Waals surface area contributed by atoms with E-state index in [1.165, 1.54) is 11.4 Å². The smallest absolute Gasteiger partial charge is 0.443 e. The number of pyridine rings is 1. The number of methoxy groups -OCH3 is 1. The Balaban J connectivity index is 1.76. The second kappa shape index (κ2) is 14.4. The first kappa shape index (κ1) is 34.1. The topological polar surface area (TPSA) is 119 Å². The molecule has 3 rings (SSSR count). The van der Waals surface area contributed by atoms with Crippen molar-refractivity contribution in [3.05, 3.63) is 17.8 Å². The molecule has 42 heavy (non-hydrogen) atoms. The van der Waals surface area contributed by atoms with Crippen LogP contribution in [-0.2, 0) is 24.2 Å². The summed E-state index contributed by atoms with van der Waals surface area (Å²) in [4.78, 5) is 30.1. The van der Waals surface area contributed by atoms with E-state index in [-0.39, 0.29) is 42.3 Å². The zero-order valence-corrected chi connectivity index (χ0v) is 26.4. The van der Waals surface area contributed by atoms with E-state index in [0.29, 0.717) is 37.8 Å². The van der Waals surface area contributed by atoms with Crippen molar-refractivity contribution in [2.75, 3.05) is 20.2 Å². The average molecular weight is 617 g/mol. The molecule has 1 saturated heterocycles. The molecule has 13 heteroatoms. The summed E-state index contributed by atoms with van der Waals surface area (Å²) >= 11 is 0. The molecule has 3 atom stereocenters. The molecule has 1 aromatic rings. The molecular formula is C29H46F2N4O6S. The zero-order chi connectivity index (χ0) is 31.1. The molecule has 0 aromatic carbocycles. The maximum Gasteiger partial charge on any atom is 0.443 e. The van der Waals surface area contributed by atoms with Crippen molar-refractivity contribution in [3.63, 3.8) is 0 Å². The van der Waals surface area contributed by atoms with Crippen molar-refractivity contribution < 1.29 is 36.8 Å². The number of ether oxygens (including phenoxy) is 3. The van der Waals surface area contributed by atoms with Gasteiger partial charge in [-0.15, -0.1) is 4.36 Å². The monoisotopic (exact) mass is 616 g/mol. The fourth-order valence-electron chi connectivity index (χ4n) is 5.18. The average Bonchev–Trinajstić information content (AvgIpc) is 3.38. The van der Waals surface area contributed by atoms with Crippen LogP contribution in [-0.4, -0.2) is 75.5 Å². The first-order chi connectivity index (χ1) is 19.6. The van der Waals surface area contributed by atoms with E-state index in [0.717, 1.165) is 19.4 Å². The lowest BCUT2D eigenvalue weighted by Gasteiger charge is -2.29. The van der Waals surface area contributed by atoms with Gasteiger partial charge in [0.15, 0.2) is 9.92 Å². The molecule has 238 valence electrons. The number of esters is 1. The minimum absolute atomic E-state index is 0.0669. The number of amides is 1. The predicted octanol–water partition coefficient (Wildman–Crippen LogP) is 5.81. The van der Waals surface area contributed by atoms with Gasteiger partial charge in [-0.3, -0.25) is 4.79 Å². The van der Waals surface area contributed by atoms with E-state index in [9.17, 15) is 22.6 Å². The minimum atomic E-state index is -3.73. The quantitative estimate of drug-likeness (QED) is 0.244. The van der Waals surface area contributed by atoms with E-state index in [4.69, 9.17) is 14.2 Å². The Bertz CT molecular complexity index is 1200. The molecule has 1 aliphatic heterocycles. The summed E-state index contributed by atoms with van der Waals surface area (Å²) in [7, 11) is -2.47. The second-order valence-electron chi connectivity index (χ2n) is 12.2. The Kier molecular flexibility index (Phi) is 11.7. The van der Waals surface area contributed by atoms with Gasteiger partial charge in [0.1, 0.15) is 16.5 Å². The normalized spacial score (nSPS) is 21.8. The van der Waals surface area contributed by atoms with Crippen LogP contribution in [0.15, 0.2) is 21.4 Å². The standard InChI is InChI=1S/C29H46F2N4O6S/c1-20-12-13-24(25(33-20)40-21(2)10-7-8-18-32-22-14-16-29(30,31)17-15-22)42(38,34-27(37)41-28(3,4)5)35-19-9-11-23(35)26(36)39-6/h12-13,21-23,32H,7-11,14-19H2,1-6H3/t21-,23+,42+/m1/s1. The highest BCUT2D eigenvalue weighted by atomic mass is 32.2. The third kappa shape index (κ3) is 9.57. The highest BCUT2D eigenvalue weighted by Gasteiger charge is 2.41. The number of halogens is 2. The molecule has 0 unspecified atom stereocenters. The SMILES string of the molecule is COC(=O)[C@@H]1CCCN1[S@@](=O)(=NC(=O)OC(C)(C)C)c1ccc(C)nc1O[C@H](C)CCCCNC1CCC(F)(F)CC1. The number of aryl methyl sites for hydroxylation is 1. The molecule has 1 amide bonds. The Labute approximate surface area is 248 Å². The van der Waals surface area contributed by atoms with E-state index >= 15 is 0 Å². The number of aromatic nitrogens is 1. The van der Waals surface area contributed by atoms with Gasteiger partial charge in [0.25, 0.3) is 0 Å². The highest BCUT2D eigenvalue weighted by molar-refractivity contribution is 7.91. The number of hydrogen-bond acceptors (Lipinski definition) is 8. The molecule has 10 nitrogen and oxygen atoms in total. The Hall–Kier alpha value is -2.38. The van der Waals surface area contributed by atoms with E-state index in [1.54, 1.807) is 39.8 Å². The number of hydrogen-bond donors (Lipinski definition) is 1. The summed E-state index contributed by atoms with van der Waals surface area (Å²) in [6.45, 7) is 9.67. The van der Waals surface area contributed by atoms with Crippen LogP contribution in [0, 0.1) is 6.92 Å². The van der Waals surface area contributed by atoms with E-state index in [1.807, 2.05) is 6.92 Å². The third-order valence-corrected chi connectivity index (χ3v) is 9.69. The number of nitrogens with zero attached hydrogens (tertiary/aromatic N) is 3. The van der Waals surface area contributed by atoms with Gasteiger partial charge < -0.3 is 19.5 Å². The molecular weight excluding hydrogens is 570 g/mol. The number of carbonyl (C=O) groups excluding carboxylic acids is 2. The number of carbonyl (C=O) groups is 2. The summed E-state index contributed by atoms with van der Waals surface area (Å²) in [5, 5.41) is 3.38. The molecule has 0 spiro atoms. The van der Waals surface area contributed by atoms with Gasteiger partial charge in [0.05, 0.1) is 13.2 Å². The maximum absolute atomic E-state index is 14.8. The highest BCUT2D eigenvalue weighted by Crippen LogP contribution is 2.35. The van der Waals surface area contributed by atoms with Gasteiger partial charge in [-0.25, -0.2) is 22.8 Å². The van der Waals surface area contributed by atoms with Crippen molar-refractivity contribution in [2.24, 2.45) is 4.36 Å². The van der Waals surface area contributed by atoms with Gasteiger partial charge in [0, 0.05) is 31.1 Å². The summed E-state index contributed by atoms with van der Waals surface area (Å²) in [5.74, 6) is -3.02. The number of rotatable bonds is 11. The van der Waals surface area contributed by atoms with Crippen LogP contribution >= 0.6 is 0 Å². The summed E-state index contributed by atoms with van der Waals surface area (Å²) in [6.07, 6.45) is 2.78.